The smallest absolute Gasteiger partial charge is 0.161 e. The van der Waals surface area contributed by atoms with Crippen LogP contribution in [0, 0.1) is 82.9 Å². The van der Waals surface area contributed by atoms with Crippen molar-refractivity contribution in [2.45, 2.75) is 293 Å². The van der Waals surface area contributed by atoms with Crippen molar-refractivity contribution in [3.63, 3.8) is 0 Å². The molecule has 16 unspecified atom stereocenters. The average molecular weight is 1100 g/mol. The highest BCUT2D eigenvalue weighted by Crippen LogP contribution is 2.47. The molecule has 0 aromatic rings. The summed E-state index contributed by atoms with van der Waals surface area (Å²) in [6.45, 7) is 41.9. The second kappa shape index (κ2) is 26.5. The molecule has 8 fully saturated rings. The summed E-state index contributed by atoms with van der Waals surface area (Å²) in [5, 5.41) is 20.7. The lowest BCUT2D eigenvalue weighted by atomic mass is 9.80. The molecule has 0 amide bonds. The van der Waals surface area contributed by atoms with Crippen molar-refractivity contribution in [3.05, 3.63) is 0 Å². The average Bonchev–Trinajstić information content (AvgIpc) is 3.94. The quantitative estimate of drug-likeness (QED) is 0.133. The van der Waals surface area contributed by atoms with E-state index in [1.54, 1.807) is 0 Å². The van der Waals surface area contributed by atoms with Crippen molar-refractivity contribution in [1.82, 2.24) is 0 Å². The Morgan fingerprint density at radius 3 is 0.831 bits per heavy atom. The summed E-state index contributed by atoms with van der Waals surface area (Å²) >= 11 is 0. The highest BCUT2D eigenvalue weighted by molar-refractivity contribution is 4.97. The molecule has 8 aliphatic heterocycles. The molecule has 16 heteroatoms. The molecule has 0 aromatic carbocycles. The minimum atomic E-state index is -0.749. The van der Waals surface area contributed by atoms with Gasteiger partial charge in [-0.3, -0.25) is 0 Å². The zero-order valence-electron chi connectivity index (χ0n) is 50.8. The van der Waals surface area contributed by atoms with Gasteiger partial charge in [-0.25, -0.2) is 0 Å². The van der Waals surface area contributed by atoms with Gasteiger partial charge in [0.15, 0.2) is 44.0 Å². The molecule has 0 radical (unpaired) electrons. The first-order valence-corrected chi connectivity index (χ1v) is 31.0. The zero-order chi connectivity index (χ0) is 56.1. The van der Waals surface area contributed by atoms with Gasteiger partial charge in [-0.2, -0.15) is 0 Å². The molecule has 2 bridgehead atoms. The maximum Gasteiger partial charge on any atom is 0.161 e. The van der Waals surface area contributed by atoms with Gasteiger partial charge in [0.05, 0.1) is 86.5 Å². The van der Waals surface area contributed by atoms with E-state index in [1.807, 2.05) is 13.8 Å². The van der Waals surface area contributed by atoms with Crippen LogP contribution in [0.25, 0.3) is 0 Å². The number of rotatable bonds is 18. The lowest BCUT2D eigenvalue weighted by molar-refractivity contribution is -0.369. The monoisotopic (exact) mass is 1100 g/mol. The van der Waals surface area contributed by atoms with Crippen LogP contribution < -0.4 is 0 Å². The van der Waals surface area contributed by atoms with Crippen LogP contribution in [-0.2, 0) is 66.3 Å². The zero-order valence-corrected chi connectivity index (χ0v) is 50.8. The fourth-order valence-corrected chi connectivity index (χ4v) is 14.3. The second-order valence-corrected chi connectivity index (χ2v) is 26.0. The van der Waals surface area contributed by atoms with Gasteiger partial charge in [0.25, 0.3) is 0 Å². The number of hydrogen-bond acceptors (Lipinski definition) is 16. The Balaban J connectivity index is 0.859. The molecule has 2 N–H and O–H groups in total. The van der Waals surface area contributed by atoms with E-state index in [0.717, 1.165) is 32.1 Å². The molecule has 0 aliphatic carbocycles. The Morgan fingerprint density at radius 1 is 0.312 bits per heavy atom. The summed E-state index contributed by atoms with van der Waals surface area (Å²) in [5.41, 5.74) is 0. The van der Waals surface area contributed by atoms with Gasteiger partial charge in [-0.15, -0.1) is 0 Å². The Kier molecular flexibility index (Phi) is 21.5. The Hall–Kier alpha value is -0.640. The lowest BCUT2D eigenvalue weighted by Gasteiger charge is -2.52. The molecule has 77 heavy (non-hydrogen) atoms. The highest BCUT2D eigenvalue weighted by Gasteiger charge is 2.55. The molecule has 0 aromatic heterocycles. The molecule has 0 spiro atoms. The second-order valence-electron chi connectivity index (χ2n) is 26.0. The van der Waals surface area contributed by atoms with Crippen LogP contribution in [0.1, 0.15) is 164 Å². The Bertz CT molecular complexity index is 1800. The summed E-state index contributed by atoms with van der Waals surface area (Å²) < 4.78 is 94.9. The molecule has 8 rings (SSSR count). The summed E-state index contributed by atoms with van der Waals surface area (Å²) in [6.07, 6.45) is -2.55. The molecule has 35 atom stereocenters. The summed E-state index contributed by atoms with van der Waals surface area (Å²) in [4.78, 5) is 0. The van der Waals surface area contributed by atoms with Crippen molar-refractivity contribution < 1.29 is 76.5 Å². The van der Waals surface area contributed by atoms with Crippen LogP contribution in [0.4, 0.5) is 0 Å². The SMILES string of the molecule is CCC1O[C@H](O[C@H]2C(CC)O[C@@H](O[C@H]3C(CC)O[C@@H](O[C@H]4C(C)C(C)[C@@H]5OC[C@@H]4O5)C(C)[C@H]3C)C(C)[C@H]2C)C(C)C(C)[C@@H]1O[C@H]1OC(CC)[C@@H](O[C@@H]2OC(CC)[C@H](OC3OC(CO)[C@H](O)[C@H](C)[C@H]3C)[C@H](C)C2C)C(C)C1C. The Labute approximate surface area is 464 Å². The van der Waals surface area contributed by atoms with Gasteiger partial charge in [-0.1, -0.05) is 132 Å². The number of fused-ring (bicyclic) bond motifs is 2. The molecule has 16 nitrogen and oxygen atoms in total. The summed E-state index contributed by atoms with van der Waals surface area (Å²) in [7, 11) is 0. The van der Waals surface area contributed by atoms with E-state index in [4.69, 9.17) is 66.3 Å². The number of aliphatic hydroxyl groups is 2. The van der Waals surface area contributed by atoms with Gasteiger partial charge >= 0.3 is 0 Å². The minimum absolute atomic E-state index is 0.0122. The van der Waals surface area contributed by atoms with Crippen LogP contribution in [0.2, 0.25) is 0 Å². The van der Waals surface area contributed by atoms with Crippen molar-refractivity contribution in [2.75, 3.05) is 13.2 Å². The Morgan fingerprint density at radius 2 is 0.558 bits per heavy atom. The van der Waals surface area contributed by atoms with Crippen molar-refractivity contribution in [1.29, 1.82) is 0 Å². The topological polar surface area (TPSA) is 170 Å². The van der Waals surface area contributed by atoms with E-state index < -0.39 is 43.7 Å². The van der Waals surface area contributed by atoms with Crippen molar-refractivity contribution in [2.24, 2.45) is 82.9 Å². The molecule has 448 valence electrons. The van der Waals surface area contributed by atoms with Gasteiger partial charge in [0, 0.05) is 41.4 Å². The maximum absolute atomic E-state index is 10.7. The third kappa shape index (κ3) is 12.5. The van der Waals surface area contributed by atoms with Crippen LogP contribution >= 0.6 is 0 Å². The van der Waals surface area contributed by atoms with Crippen molar-refractivity contribution in [3.8, 4) is 0 Å². The molecule has 0 saturated carbocycles. The van der Waals surface area contributed by atoms with E-state index in [2.05, 4.69) is 118 Å². The molecule has 8 aliphatic rings. The van der Waals surface area contributed by atoms with Crippen LogP contribution in [-0.4, -0.2) is 153 Å². The first-order chi connectivity index (χ1) is 36.6. The van der Waals surface area contributed by atoms with Gasteiger partial charge in [0.1, 0.15) is 12.2 Å². The van der Waals surface area contributed by atoms with Gasteiger partial charge in [0.2, 0.25) is 0 Å². The molecular weight excluding hydrogens is 989 g/mol. The number of ether oxygens (including phenoxy) is 14. The first kappa shape index (κ1) is 62.4. The minimum Gasteiger partial charge on any atom is -0.394 e. The largest absolute Gasteiger partial charge is 0.394 e. The normalized spacial score (nSPS) is 54.6. The first-order valence-electron chi connectivity index (χ1n) is 31.0. The molecule has 8 heterocycles. The maximum atomic E-state index is 10.7. The highest BCUT2D eigenvalue weighted by atomic mass is 16.8. The van der Waals surface area contributed by atoms with Gasteiger partial charge in [-0.05, 0) is 73.5 Å². The van der Waals surface area contributed by atoms with Gasteiger partial charge < -0.3 is 76.5 Å². The number of hydrogen-bond donors (Lipinski definition) is 2. The fraction of sp³-hybridized carbons (Fsp3) is 1.00. The predicted molar refractivity (Wildman–Crippen MR) is 289 cm³/mol. The van der Waals surface area contributed by atoms with Crippen LogP contribution in [0.15, 0.2) is 0 Å². The number of aliphatic hydroxyl groups excluding tert-OH is 2. The van der Waals surface area contributed by atoms with E-state index >= 15 is 0 Å². The molecular formula is C61H108O16. The standard InChI is InChI=1S/C61H108O16/c1-20-41-49(72-56-34(13)27(6)48(63)46(25-62)70-56)29(8)36(15)57(65-41)73-50-30(9)37(16)58(66-42(50)21-2)74-51-31(10)38(17)59(67-43(51)22-3)75-52-32(11)39(18)60(68-44(52)23-4)76-53-33(12)40(19)61(69-45(53)24-5)77-54-28(7)35(14)55-64-26-47(54)71-55/h27-63H,20-26H2,1-19H3/t27-,28?,29-,30?,31?,32-,33-,34-,35?,36?,37?,38?,39?,40?,41?,42?,43?,44?,45?,46?,47+,48-,49-,50+,51+,52-,53-,54+,55-,56?,57+,58-,59-,60+,61+/m1/s1. The lowest BCUT2D eigenvalue weighted by Crippen LogP contribution is -2.60. The van der Waals surface area contributed by atoms with Crippen molar-refractivity contribution >= 4 is 0 Å². The van der Waals surface area contributed by atoms with Crippen LogP contribution in [0.3, 0.4) is 0 Å². The summed E-state index contributed by atoms with van der Waals surface area (Å²) in [6, 6.07) is 0. The van der Waals surface area contributed by atoms with E-state index in [0.29, 0.717) is 12.5 Å². The summed E-state index contributed by atoms with van der Waals surface area (Å²) in [5.74, 6) is 1.22. The fourth-order valence-electron chi connectivity index (χ4n) is 14.3. The van der Waals surface area contributed by atoms with E-state index in [-0.39, 0.29) is 169 Å². The van der Waals surface area contributed by atoms with E-state index in [1.165, 1.54) is 0 Å². The van der Waals surface area contributed by atoms with E-state index in [9.17, 15) is 10.2 Å². The third-order valence-electron chi connectivity index (χ3n) is 21.6. The third-order valence-corrected chi connectivity index (χ3v) is 21.6. The van der Waals surface area contributed by atoms with Crippen LogP contribution in [0.5, 0.6) is 0 Å². The predicted octanol–water partition coefficient (Wildman–Crippen LogP) is 9.71. The molecule has 8 saturated heterocycles.